The number of thiol groups is 1. The summed E-state index contributed by atoms with van der Waals surface area (Å²) in [5, 5.41) is 3.11. The highest BCUT2D eigenvalue weighted by Gasteiger charge is 2.10. The van der Waals surface area contributed by atoms with E-state index in [0.29, 0.717) is 0 Å². The van der Waals surface area contributed by atoms with E-state index in [2.05, 4.69) is 12.6 Å². The molecule has 1 nitrogen and oxygen atoms in total. The summed E-state index contributed by atoms with van der Waals surface area (Å²) in [4.78, 5) is 11.9. The van der Waals surface area contributed by atoms with Crippen LogP contribution in [-0.4, -0.2) is 6.29 Å². The minimum absolute atomic E-state index is 0.810. The van der Waals surface area contributed by atoms with Gasteiger partial charge in [-0.3, -0.25) is 4.79 Å². The van der Waals surface area contributed by atoms with Gasteiger partial charge in [0.15, 0.2) is 6.29 Å². The molecule has 0 aliphatic heterocycles. The standard InChI is InChI=1S/C11H10OS2/c1-2-8-9(6-12)11-7(3-4-14-11)5-10(8)13/h3-6,13H,2H2,1H3. The van der Waals surface area contributed by atoms with Crippen LogP contribution in [0.2, 0.25) is 0 Å². The molecule has 1 heterocycles. The minimum Gasteiger partial charge on any atom is -0.298 e. The Morgan fingerprint density at radius 1 is 1.57 bits per heavy atom. The van der Waals surface area contributed by atoms with Crippen LogP contribution in [0.4, 0.5) is 0 Å². The predicted octanol–water partition coefficient (Wildman–Crippen LogP) is 3.56. The summed E-state index contributed by atoms with van der Waals surface area (Å²) in [6.45, 7) is 2.04. The number of benzene rings is 1. The lowest BCUT2D eigenvalue weighted by atomic mass is 10.0. The van der Waals surface area contributed by atoms with Crippen molar-refractivity contribution in [3.63, 3.8) is 0 Å². The van der Waals surface area contributed by atoms with Gasteiger partial charge >= 0.3 is 0 Å². The second-order valence-corrected chi connectivity index (χ2v) is 4.50. The van der Waals surface area contributed by atoms with Crippen molar-refractivity contribution in [2.75, 3.05) is 0 Å². The fourth-order valence-electron chi connectivity index (χ4n) is 1.66. The molecule has 0 bridgehead atoms. The van der Waals surface area contributed by atoms with Crippen molar-refractivity contribution in [3.05, 3.63) is 28.6 Å². The second kappa shape index (κ2) is 3.75. The molecule has 72 valence electrons. The third-order valence-electron chi connectivity index (χ3n) is 2.34. The van der Waals surface area contributed by atoms with Crippen molar-refractivity contribution in [1.29, 1.82) is 0 Å². The fraction of sp³-hybridized carbons (Fsp3) is 0.182. The van der Waals surface area contributed by atoms with E-state index in [-0.39, 0.29) is 0 Å². The van der Waals surface area contributed by atoms with Crippen LogP contribution in [0.25, 0.3) is 10.1 Å². The first-order valence-electron chi connectivity index (χ1n) is 4.45. The molecule has 2 aromatic rings. The van der Waals surface area contributed by atoms with E-state index < -0.39 is 0 Å². The quantitative estimate of drug-likeness (QED) is 0.607. The molecule has 0 fully saturated rings. The highest BCUT2D eigenvalue weighted by atomic mass is 32.1. The van der Waals surface area contributed by atoms with Gasteiger partial charge in [-0.15, -0.1) is 24.0 Å². The van der Waals surface area contributed by atoms with Gasteiger partial charge in [-0.2, -0.15) is 0 Å². The lowest BCUT2D eigenvalue weighted by Crippen LogP contribution is -1.92. The van der Waals surface area contributed by atoms with Crippen LogP contribution in [0.1, 0.15) is 22.8 Å². The zero-order valence-electron chi connectivity index (χ0n) is 7.78. The zero-order valence-corrected chi connectivity index (χ0v) is 9.49. The van der Waals surface area contributed by atoms with Gasteiger partial charge < -0.3 is 0 Å². The molecule has 0 saturated carbocycles. The van der Waals surface area contributed by atoms with Gasteiger partial charge in [-0.25, -0.2) is 0 Å². The third-order valence-corrected chi connectivity index (χ3v) is 3.70. The Bertz CT molecular complexity index is 485. The Morgan fingerprint density at radius 2 is 2.36 bits per heavy atom. The van der Waals surface area contributed by atoms with Gasteiger partial charge in [0.05, 0.1) is 0 Å². The first kappa shape index (κ1) is 9.74. The van der Waals surface area contributed by atoms with Crippen molar-refractivity contribution in [2.24, 2.45) is 0 Å². The molecule has 3 heteroatoms. The van der Waals surface area contributed by atoms with Gasteiger partial charge in [-0.05, 0) is 34.9 Å². The molecule has 0 aliphatic rings. The topological polar surface area (TPSA) is 17.1 Å². The number of aldehydes is 1. The number of fused-ring (bicyclic) bond motifs is 1. The number of rotatable bonds is 2. The van der Waals surface area contributed by atoms with Crippen LogP contribution in [0, 0.1) is 0 Å². The summed E-state index contributed by atoms with van der Waals surface area (Å²) >= 11 is 6.01. The first-order valence-corrected chi connectivity index (χ1v) is 5.77. The molecule has 0 amide bonds. The van der Waals surface area contributed by atoms with Crippen molar-refractivity contribution >= 4 is 40.3 Å². The largest absolute Gasteiger partial charge is 0.298 e. The van der Waals surface area contributed by atoms with Crippen LogP contribution < -0.4 is 0 Å². The van der Waals surface area contributed by atoms with Gasteiger partial charge in [0, 0.05) is 15.2 Å². The van der Waals surface area contributed by atoms with Crippen LogP contribution in [0.3, 0.4) is 0 Å². The Labute approximate surface area is 92.2 Å². The van der Waals surface area contributed by atoms with Gasteiger partial charge in [-0.1, -0.05) is 6.92 Å². The number of hydrogen-bond donors (Lipinski definition) is 1. The van der Waals surface area contributed by atoms with E-state index in [4.69, 9.17) is 0 Å². The summed E-state index contributed by atoms with van der Waals surface area (Å²) in [6.07, 6.45) is 1.79. The summed E-state index contributed by atoms with van der Waals surface area (Å²) in [7, 11) is 0. The maximum Gasteiger partial charge on any atom is 0.151 e. The number of hydrogen-bond acceptors (Lipinski definition) is 3. The molecular weight excluding hydrogens is 212 g/mol. The molecule has 1 aromatic carbocycles. The smallest absolute Gasteiger partial charge is 0.151 e. The van der Waals surface area contributed by atoms with Crippen LogP contribution in [0.5, 0.6) is 0 Å². The Morgan fingerprint density at radius 3 is 3.00 bits per heavy atom. The number of carbonyl (C=O) groups is 1. The summed E-state index contributed by atoms with van der Waals surface area (Å²) in [5.41, 5.74) is 1.86. The molecule has 2 rings (SSSR count). The molecule has 0 spiro atoms. The van der Waals surface area contributed by atoms with Gasteiger partial charge in [0.2, 0.25) is 0 Å². The summed E-state index contributed by atoms with van der Waals surface area (Å²) in [6, 6.07) is 4.05. The highest BCUT2D eigenvalue weighted by Crippen LogP contribution is 2.31. The molecule has 0 unspecified atom stereocenters. The molecule has 0 N–H and O–H groups in total. The average molecular weight is 222 g/mol. The minimum atomic E-state index is 0.810. The molecular formula is C11H10OS2. The fourth-order valence-corrected chi connectivity index (χ4v) is 2.99. The molecule has 1 aromatic heterocycles. The van der Waals surface area contributed by atoms with Crippen molar-refractivity contribution < 1.29 is 4.79 Å². The highest BCUT2D eigenvalue weighted by molar-refractivity contribution is 7.80. The average Bonchev–Trinajstić information content (AvgIpc) is 2.62. The maximum atomic E-state index is 11.0. The van der Waals surface area contributed by atoms with Crippen molar-refractivity contribution in [1.82, 2.24) is 0 Å². The van der Waals surface area contributed by atoms with Crippen molar-refractivity contribution in [3.8, 4) is 0 Å². The SMILES string of the molecule is CCc1c(S)cc2ccsc2c1C=O. The molecule has 0 atom stereocenters. The summed E-state index contributed by atoms with van der Waals surface area (Å²) in [5.74, 6) is 0. The van der Waals surface area contributed by atoms with E-state index >= 15 is 0 Å². The normalized spacial score (nSPS) is 10.7. The van der Waals surface area contributed by atoms with E-state index in [1.165, 1.54) is 0 Å². The van der Waals surface area contributed by atoms with Gasteiger partial charge in [0.25, 0.3) is 0 Å². The Balaban J connectivity index is 2.88. The van der Waals surface area contributed by atoms with E-state index in [1.807, 2.05) is 24.4 Å². The zero-order chi connectivity index (χ0) is 10.1. The van der Waals surface area contributed by atoms with Crippen molar-refractivity contribution in [2.45, 2.75) is 18.2 Å². The number of thiophene rings is 1. The van der Waals surface area contributed by atoms with E-state index in [9.17, 15) is 4.79 Å². The summed E-state index contributed by atoms with van der Waals surface area (Å²) < 4.78 is 1.08. The van der Waals surface area contributed by atoms with Crippen LogP contribution in [0.15, 0.2) is 22.4 Å². The second-order valence-electron chi connectivity index (χ2n) is 3.10. The number of carbonyl (C=O) groups excluding carboxylic acids is 1. The van der Waals surface area contributed by atoms with E-state index in [1.54, 1.807) is 11.3 Å². The Hall–Kier alpha value is -0.800. The molecule has 0 saturated heterocycles. The van der Waals surface area contributed by atoms with Gasteiger partial charge in [0.1, 0.15) is 0 Å². The molecule has 14 heavy (non-hydrogen) atoms. The predicted molar refractivity (Wildman–Crippen MR) is 63.8 cm³/mol. The van der Waals surface area contributed by atoms with Crippen LogP contribution in [-0.2, 0) is 6.42 Å². The maximum absolute atomic E-state index is 11.0. The Kier molecular flexibility index (Phi) is 2.61. The third kappa shape index (κ3) is 1.37. The first-order chi connectivity index (χ1) is 6.77. The molecule has 0 aliphatic carbocycles. The van der Waals surface area contributed by atoms with E-state index in [0.717, 1.165) is 38.8 Å². The lowest BCUT2D eigenvalue weighted by Gasteiger charge is -2.06. The van der Waals surface area contributed by atoms with Crippen LogP contribution >= 0.6 is 24.0 Å². The molecule has 0 radical (unpaired) electrons. The monoisotopic (exact) mass is 222 g/mol. The lowest BCUT2D eigenvalue weighted by molar-refractivity contribution is 0.112.